The molecule has 0 unspecified atom stereocenters. The van der Waals surface area contributed by atoms with Gasteiger partial charge in [-0.05, 0) is 25.2 Å². The van der Waals surface area contributed by atoms with Crippen molar-refractivity contribution in [1.29, 1.82) is 0 Å². The zero-order chi connectivity index (χ0) is 8.67. The lowest BCUT2D eigenvalue weighted by molar-refractivity contribution is -0.936. The Morgan fingerprint density at radius 1 is 1.00 bits per heavy atom. The lowest BCUT2D eigenvalue weighted by Gasteiger charge is -2.33. The Hall–Kier alpha value is -0.0800. The molecular weight excluding hydrogens is 162 g/mol. The van der Waals surface area contributed by atoms with Crippen LogP contribution in [-0.4, -0.2) is 32.3 Å². The number of quaternary nitrogens is 1. The van der Waals surface area contributed by atoms with Crippen molar-refractivity contribution in [2.24, 2.45) is 11.8 Å². The van der Waals surface area contributed by atoms with Gasteiger partial charge in [0.05, 0.1) is 19.3 Å². The number of fused-ring (bicyclic) bond motifs is 2. The Kier molecular flexibility index (Phi) is 2.06. The third-order valence-corrected chi connectivity index (χ3v) is 4.40. The molecule has 3 fully saturated rings. The van der Waals surface area contributed by atoms with Crippen molar-refractivity contribution in [2.45, 2.75) is 31.7 Å². The summed E-state index contributed by atoms with van der Waals surface area (Å²) < 4.78 is 5.42. The Labute approximate surface area is 80.2 Å². The van der Waals surface area contributed by atoms with Crippen LogP contribution in [0.15, 0.2) is 0 Å². The molecule has 3 rings (SSSR count). The maximum Gasteiger partial charge on any atom is 0.101 e. The van der Waals surface area contributed by atoms with Crippen molar-refractivity contribution in [1.82, 2.24) is 0 Å². The molecule has 2 saturated carbocycles. The van der Waals surface area contributed by atoms with Crippen LogP contribution in [0.2, 0.25) is 0 Å². The van der Waals surface area contributed by atoms with Crippen LogP contribution in [0, 0.1) is 11.8 Å². The topological polar surface area (TPSA) is 13.7 Å². The molecule has 1 heterocycles. The number of hydrogen-bond acceptors (Lipinski definition) is 1. The molecule has 0 aromatic rings. The standard InChI is InChI=1S/C11H19NO/c1-2-10-7-9(1)8-11(10)12-3-5-13-6-4-12/h9-11H,1-8H2/p+1/t9-,10-,11-/m0/s1. The van der Waals surface area contributed by atoms with Crippen LogP contribution in [0.25, 0.3) is 0 Å². The van der Waals surface area contributed by atoms with Crippen molar-refractivity contribution in [3.05, 3.63) is 0 Å². The van der Waals surface area contributed by atoms with Crippen LogP contribution in [0.3, 0.4) is 0 Å². The SMILES string of the molecule is C1C[NH+]([C@H]2C[C@H]3CC[C@H]2C3)CCO1. The summed E-state index contributed by atoms with van der Waals surface area (Å²) in [6, 6.07) is 1.02. The molecule has 2 bridgehead atoms. The molecule has 0 aromatic heterocycles. The van der Waals surface area contributed by atoms with E-state index in [-0.39, 0.29) is 0 Å². The summed E-state index contributed by atoms with van der Waals surface area (Å²) in [5, 5.41) is 0. The minimum Gasteiger partial charge on any atom is -0.370 e. The first-order chi connectivity index (χ1) is 6.43. The van der Waals surface area contributed by atoms with Crippen LogP contribution >= 0.6 is 0 Å². The summed E-state index contributed by atoms with van der Waals surface area (Å²) in [7, 11) is 0. The molecule has 0 aromatic carbocycles. The molecule has 3 aliphatic rings. The van der Waals surface area contributed by atoms with E-state index in [1.54, 1.807) is 6.42 Å². The molecular formula is C11H20NO+. The van der Waals surface area contributed by atoms with Gasteiger partial charge in [-0.25, -0.2) is 0 Å². The Bertz CT molecular complexity index is 189. The number of rotatable bonds is 1. The smallest absolute Gasteiger partial charge is 0.101 e. The van der Waals surface area contributed by atoms with E-state index in [1.165, 1.54) is 32.4 Å². The monoisotopic (exact) mass is 182 g/mol. The highest BCUT2D eigenvalue weighted by Crippen LogP contribution is 2.43. The van der Waals surface area contributed by atoms with Gasteiger partial charge < -0.3 is 9.64 Å². The third-order valence-electron chi connectivity index (χ3n) is 4.40. The molecule has 0 amide bonds. The summed E-state index contributed by atoms with van der Waals surface area (Å²) >= 11 is 0. The molecule has 0 spiro atoms. The minimum absolute atomic E-state index is 1.00. The van der Waals surface area contributed by atoms with E-state index in [0.29, 0.717) is 0 Å². The average molecular weight is 182 g/mol. The van der Waals surface area contributed by atoms with E-state index >= 15 is 0 Å². The van der Waals surface area contributed by atoms with Gasteiger partial charge in [-0.1, -0.05) is 0 Å². The summed E-state index contributed by atoms with van der Waals surface area (Å²) in [6.45, 7) is 4.55. The normalized spacial score (nSPS) is 45.7. The van der Waals surface area contributed by atoms with Crippen LogP contribution in [0.5, 0.6) is 0 Å². The van der Waals surface area contributed by atoms with Crippen molar-refractivity contribution in [2.75, 3.05) is 26.3 Å². The highest BCUT2D eigenvalue weighted by Gasteiger charge is 2.45. The van der Waals surface area contributed by atoms with Gasteiger partial charge in [-0.2, -0.15) is 0 Å². The fourth-order valence-corrected chi connectivity index (χ4v) is 3.75. The quantitative estimate of drug-likeness (QED) is 0.607. The highest BCUT2D eigenvalue weighted by atomic mass is 16.5. The van der Waals surface area contributed by atoms with Crippen LogP contribution < -0.4 is 4.90 Å². The molecule has 13 heavy (non-hydrogen) atoms. The second-order valence-electron chi connectivity index (χ2n) is 5.05. The second kappa shape index (κ2) is 3.25. The van der Waals surface area contributed by atoms with E-state index < -0.39 is 0 Å². The van der Waals surface area contributed by atoms with E-state index in [1.807, 2.05) is 4.90 Å². The van der Waals surface area contributed by atoms with Crippen molar-refractivity contribution < 1.29 is 9.64 Å². The van der Waals surface area contributed by atoms with Gasteiger partial charge >= 0.3 is 0 Å². The number of hydrogen-bond donors (Lipinski definition) is 1. The fourth-order valence-electron chi connectivity index (χ4n) is 3.75. The summed E-state index contributed by atoms with van der Waals surface area (Å²) in [6.07, 6.45) is 6.14. The first-order valence-corrected chi connectivity index (χ1v) is 5.86. The van der Waals surface area contributed by atoms with Gasteiger partial charge in [-0.15, -0.1) is 0 Å². The lowest BCUT2D eigenvalue weighted by atomic mass is 9.94. The maximum absolute atomic E-state index is 5.42. The van der Waals surface area contributed by atoms with Crippen molar-refractivity contribution in [3.63, 3.8) is 0 Å². The molecule has 74 valence electrons. The predicted molar refractivity (Wildman–Crippen MR) is 50.8 cm³/mol. The van der Waals surface area contributed by atoms with Gasteiger partial charge in [0.2, 0.25) is 0 Å². The molecule has 0 radical (unpaired) electrons. The van der Waals surface area contributed by atoms with Gasteiger partial charge in [0.25, 0.3) is 0 Å². The fraction of sp³-hybridized carbons (Fsp3) is 1.00. The highest BCUT2D eigenvalue weighted by molar-refractivity contribution is 4.90. The van der Waals surface area contributed by atoms with E-state index in [0.717, 1.165) is 31.1 Å². The molecule has 2 nitrogen and oxygen atoms in total. The van der Waals surface area contributed by atoms with Crippen LogP contribution in [0.1, 0.15) is 25.7 Å². The Balaban J connectivity index is 1.65. The average Bonchev–Trinajstić information content (AvgIpc) is 2.80. The van der Waals surface area contributed by atoms with Gasteiger partial charge in [0, 0.05) is 12.3 Å². The zero-order valence-electron chi connectivity index (χ0n) is 8.30. The number of nitrogens with one attached hydrogen (secondary N) is 1. The number of ether oxygens (including phenoxy) is 1. The van der Waals surface area contributed by atoms with Gasteiger partial charge in [0.15, 0.2) is 0 Å². The van der Waals surface area contributed by atoms with Crippen molar-refractivity contribution >= 4 is 0 Å². The third kappa shape index (κ3) is 1.40. The van der Waals surface area contributed by atoms with Crippen molar-refractivity contribution in [3.8, 4) is 0 Å². The van der Waals surface area contributed by atoms with Crippen LogP contribution in [0.4, 0.5) is 0 Å². The van der Waals surface area contributed by atoms with Gasteiger partial charge in [0.1, 0.15) is 13.1 Å². The molecule has 1 N–H and O–H groups in total. The zero-order valence-corrected chi connectivity index (χ0v) is 8.30. The van der Waals surface area contributed by atoms with E-state index in [2.05, 4.69) is 0 Å². The minimum atomic E-state index is 1.00. The summed E-state index contributed by atoms with van der Waals surface area (Å²) in [5.41, 5.74) is 0. The Morgan fingerprint density at radius 2 is 1.85 bits per heavy atom. The first-order valence-electron chi connectivity index (χ1n) is 5.86. The second-order valence-corrected chi connectivity index (χ2v) is 5.05. The number of morpholine rings is 1. The predicted octanol–water partition coefficient (Wildman–Crippen LogP) is 0.0901. The largest absolute Gasteiger partial charge is 0.370 e. The summed E-state index contributed by atoms with van der Waals surface area (Å²) in [4.78, 5) is 1.86. The van der Waals surface area contributed by atoms with E-state index in [9.17, 15) is 0 Å². The molecule has 1 aliphatic heterocycles. The van der Waals surface area contributed by atoms with E-state index in [4.69, 9.17) is 4.74 Å². The molecule has 2 aliphatic carbocycles. The lowest BCUT2D eigenvalue weighted by Crippen LogP contribution is -3.18. The Morgan fingerprint density at radius 3 is 2.46 bits per heavy atom. The molecule has 1 saturated heterocycles. The first kappa shape index (κ1) is 8.25. The molecule has 3 atom stereocenters. The van der Waals surface area contributed by atoms with Crippen LogP contribution in [-0.2, 0) is 4.74 Å². The van der Waals surface area contributed by atoms with Gasteiger partial charge in [-0.3, -0.25) is 0 Å². The summed E-state index contributed by atoms with van der Waals surface area (Å²) in [5.74, 6) is 2.18. The maximum atomic E-state index is 5.42. The molecule has 2 heteroatoms.